The van der Waals surface area contributed by atoms with Crippen molar-refractivity contribution >= 4 is 23.5 Å². The number of morpholine rings is 1. The summed E-state index contributed by atoms with van der Waals surface area (Å²) in [6.07, 6.45) is 0.820. The second-order valence-electron chi connectivity index (χ2n) is 7.33. The summed E-state index contributed by atoms with van der Waals surface area (Å²) >= 11 is 1.30. The summed E-state index contributed by atoms with van der Waals surface area (Å²) in [5.74, 6) is 1.34. The Morgan fingerprint density at radius 3 is 2.81 bits per heavy atom. The van der Waals surface area contributed by atoms with Crippen LogP contribution in [-0.4, -0.2) is 59.2 Å². The summed E-state index contributed by atoms with van der Waals surface area (Å²) in [4.78, 5) is 14.9. The van der Waals surface area contributed by atoms with E-state index in [1.165, 1.54) is 23.9 Å². The number of nitrogens with zero attached hydrogens (tertiary/aromatic N) is 4. The third kappa shape index (κ3) is 4.15. The fraction of sp³-hybridized carbons (Fsp3) is 0.318. The molecule has 0 bridgehead atoms. The van der Waals surface area contributed by atoms with E-state index in [4.69, 9.17) is 9.47 Å². The molecule has 31 heavy (non-hydrogen) atoms. The van der Waals surface area contributed by atoms with E-state index in [0.29, 0.717) is 55.3 Å². The van der Waals surface area contributed by atoms with Gasteiger partial charge in [0.1, 0.15) is 11.6 Å². The van der Waals surface area contributed by atoms with Gasteiger partial charge in [-0.1, -0.05) is 17.8 Å². The minimum atomic E-state index is -0.341. The molecule has 0 aliphatic carbocycles. The van der Waals surface area contributed by atoms with Gasteiger partial charge in [-0.15, -0.1) is 10.2 Å². The van der Waals surface area contributed by atoms with Crippen LogP contribution in [0, 0.1) is 5.82 Å². The summed E-state index contributed by atoms with van der Waals surface area (Å²) in [6, 6.07) is 11.9. The summed E-state index contributed by atoms with van der Waals surface area (Å²) in [5.41, 5.74) is 2.34. The predicted octanol–water partition coefficient (Wildman–Crippen LogP) is 3.15. The number of rotatable bonds is 6. The van der Waals surface area contributed by atoms with Crippen molar-refractivity contribution in [3.05, 3.63) is 59.4 Å². The fourth-order valence-electron chi connectivity index (χ4n) is 3.74. The highest BCUT2D eigenvalue weighted by atomic mass is 32.2. The van der Waals surface area contributed by atoms with Crippen molar-refractivity contribution in [2.24, 2.45) is 0 Å². The van der Waals surface area contributed by atoms with Crippen LogP contribution in [0.1, 0.15) is 15.9 Å². The van der Waals surface area contributed by atoms with E-state index in [1.54, 1.807) is 12.1 Å². The van der Waals surface area contributed by atoms with E-state index in [2.05, 4.69) is 15.1 Å². The summed E-state index contributed by atoms with van der Waals surface area (Å²) in [5, 5.41) is 9.22. The lowest BCUT2D eigenvalue weighted by atomic mass is 10.1. The zero-order valence-corrected chi connectivity index (χ0v) is 17.6. The molecule has 0 spiro atoms. The number of fused-ring (bicyclic) bond motifs is 1. The molecule has 1 aromatic heterocycles. The second-order valence-corrected chi connectivity index (χ2v) is 8.27. The van der Waals surface area contributed by atoms with Gasteiger partial charge in [0.05, 0.1) is 31.3 Å². The lowest BCUT2D eigenvalue weighted by Crippen LogP contribution is -2.37. The molecule has 0 radical (unpaired) electrons. The summed E-state index contributed by atoms with van der Waals surface area (Å²) < 4.78 is 26.7. The maximum atomic E-state index is 14.0. The van der Waals surface area contributed by atoms with Gasteiger partial charge in [0, 0.05) is 25.1 Å². The Morgan fingerprint density at radius 2 is 1.97 bits per heavy atom. The molecule has 0 amide bonds. The van der Waals surface area contributed by atoms with Gasteiger partial charge in [0.15, 0.2) is 10.9 Å². The monoisotopic (exact) mass is 440 g/mol. The van der Waals surface area contributed by atoms with Crippen molar-refractivity contribution in [2.75, 3.05) is 43.6 Å². The second kappa shape index (κ2) is 8.68. The first-order valence-electron chi connectivity index (χ1n) is 10.1. The van der Waals surface area contributed by atoms with Crippen LogP contribution in [0.25, 0.3) is 5.69 Å². The summed E-state index contributed by atoms with van der Waals surface area (Å²) in [7, 11) is 0. The Hall–Kier alpha value is -2.91. The van der Waals surface area contributed by atoms with Crippen molar-refractivity contribution in [2.45, 2.75) is 11.6 Å². The van der Waals surface area contributed by atoms with Crippen LogP contribution in [0.2, 0.25) is 0 Å². The zero-order valence-electron chi connectivity index (χ0n) is 16.8. The van der Waals surface area contributed by atoms with Crippen LogP contribution >= 0.6 is 11.8 Å². The number of carbonyl (C=O) groups excluding carboxylic acids is 1. The van der Waals surface area contributed by atoms with Gasteiger partial charge in [0.25, 0.3) is 0 Å². The van der Waals surface area contributed by atoms with Gasteiger partial charge in [-0.2, -0.15) is 0 Å². The number of halogens is 1. The zero-order chi connectivity index (χ0) is 21.2. The van der Waals surface area contributed by atoms with Crippen molar-refractivity contribution in [3.8, 4) is 11.4 Å². The predicted molar refractivity (Wildman–Crippen MR) is 115 cm³/mol. The van der Waals surface area contributed by atoms with Gasteiger partial charge < -0.3 is 14.4 Å². The van der Waals surface area contributed by atoms with Gasteiger partial charge in [-0.25, -0.2) is 4.39 Å². The molecule has 2 aromatic carbocycles. The first kappa shape index (κ1) is 20.0. The number of Topliss-reactive ketones (excluding diaryl/α,β-unsaturated/α-hetero) is 1. The molecule has 160 valence electrons. The Morgan fingerprint density at radius 1 is 1.10 bits per heavy atom. The average molecular weight is 441 g/mol. The van der Waals surface area contributed by atoms with Crippen molar-refractivity contribution in [1.82, 2.24) is 14.8 Å². The quantitative estimate of drug-likeness (QED) is 0.431. The van der Waals surface area contributed by atoms with E-state index in [1.807, 2.05) is 22.8 Å². The van der Waals surface area contributed by atoms with Crippen molar-refractivity contribution in [3.63, 3.8) is 0 Å². The molecule has 7 nitrogen and oxygen atoms in total. The molecule has 9 heteroatoms. The van der Waals surface area contributed by atoms with Gasteiger partial charge >= 0.3 is 0 Å². The molecule has 0 N–H and O–H groups in total. The van der Waals surface area contributed by atoms with E-state index >= 15 is 0 Å². The topological polar surface area (TPSA) is 69.5 Å². The highest BCUT2D eigenvalue weighted by Crippen LogP contribution is 2.29. The third-order valence-electron chi connectivity index (χ3n) is 5.32. The molecule has 3 heterocycles. The van der Waals surface area contributed by atoms with Crippen LogP contribution < -0.4 is 9.64 Å². The number of aromatic nitrogens is 3. The molecule has 2 aliphatic rings. The standard InChI is InChI=1S/C22H21FN4O3S/c23-17-2-1-3-18(13-17)27-21(26-7-10-29-11-8-26)24-25-22(27)31-14-19(28)15-4-5-20-16(12-15)6-9-30-20/h1-5,12-13H,6-11,14H2. The molecular formula is C22H21FN4O3S. The Balaban J connectivity index is 1.40. The molecule has 0 saturated carbocycles. The number of anilines is 1. The van der Waals surface area contributed by atoms with Crippen LogP contribution in [-0.2, 0) is 11.2 Å². The first-order chi connectivity index (χ1) is 15.2. The van der Waals surface area contributed by atoms with Crippen molar-refractivity contribution < 1.29 is 18.7 Å². The lowest BCUT2D eigenvalue weighted by molar-refractivity contribution is 0.102. The van der Waals surface area contributed by atoms with Crippen LogP contribution in [0.15, 0.2) is 47.6 Å². The molecule has 2 aliphatic heterocycles. The van der Waals surface area contributed by atoms with Crippen molar-refractivity contribution in [1.29, 1.82) is 0 Å². The van der Waals surface area contributed by atoms with Gasteiger partial charge in [-0.05, 0) is 42.0 Å². The number of hydrogen-bond donors (Lipinski definition) is 0. The van der Waals surface area contributed by atoms with Gasteiger partial charge in [-0.3, -0.25) is 9.36 Å². The van der Waals surface area contributed by atoms with E-state index < -0.39 is 0 Å². The maximum Gasteiger partial charge on any atom is 0.232 e. The number of hydrogen-bond acceptors (Lipinski definition) is 7. The SMILES string of the molecule is O=C(CSc1nnc(N2CCOCC2)n1-c1cccc(F)c1)c1ccc2c(c1)CCO2. The molecule has 0 unspecified atom stereocenters. The van der Waals surface area contributed by atoms with Crippen LogP contribution in [0.3, 0.4) is 0 Å². The molecule has 0 atom stereocenters. The Labute approximate surface area is 183 Å². The normalized spacial score (nSPS) is 15.6. The number of benzene rings is 2. The number of thioether (sulfide) groups is 1. The third-order valence-corrected chi connectivity index (χ3v) is 6.25. The molecule has 1 fully saturated rings. The maximum absolute atomic E-state index is 14.0. The fourth-order valence-corrected chi connectivity index (χ4v) is 4.58. The smallest absolute Gasteiger partial charge is 0.232 e. The van der Waals surface area contributed by atoms with Gasteiger partial charge in [0.2, 0.25) is 5.95 Å². The van der Waals surface area contributed by atoms with Crippen LogP contribution in [0.4, 0.5) is 10.3 Å². The highest BCUT2D eigenvalue weighted by Gasteiger charge is 2.23. The van der Waals surface area contributed by atoms with E-state index in [-0.39, 0.29) is 17.4 Å². The van der Waals surface area contributed by atoms with Crippen LogP contribution in [0.5, 0.6) is 5.75 Å². The minimum Gasteiger partial charge on any atom is -0.493 e. The Kier molecular flexibility index (Phi) is 5.61. The minimum absolute atomic E-state index is 0.00131. The average Bonchev–Trinajstić information content (AvgIpc) is 3.44. The molecular weight excluding hydrogens is 419 g/mol. The number of ketones is 1. The molecule has 1 saturated heterocycles. The lowest BCUT2D eigenvalue weighted by Gasteiger charge is -2.27. The highest BCUT2D eigenvalue weighted by molar-refractivity contribution is 7.99. The van der Waals surface area contributed by atoms with E-state index in [9.17, 15) is 9.18 Å². The number of carbonyl (C=O) groups is 1. The first-order valence-corrected chi connectivity index (χ1v) is 11.1. The summed E-state index contributed by atoms with van der Waals surface area (Å²) in [6.45, 7) is 3.20. The Bertz CT molecular complexity index is 1110. The molecule has 3 aromatic rings. The largest absolute Gasteiger partial charge is 0.493 e. The van der Waals surface area contributed by atoms with E-state index in [0.717, 1.165) is 17.7 Å². The number of ether oxygens (including phenoxy) is 2. The molecule has 5 rings (SSSR count).